The van der Waals surface area contributed by atoms with Gasteiger partial charge in [0, 0.05) is 23.6 Å². The molecule has 4 rings (SSSR count). The summed E-state index contributed by atoms with van der Waals surface area (Å²) in [6.45, 7) is -0.497. The van der Waals surface area contributed by atoms with Crippen LogP contribution in [0, 0.1) is 17.8 Å². The molecule has 0 unspecified atom stereocenters. The van der Waals surface area contributed by atoms with Gasteiger partial charge in [0.15, 0.2) is 18.1 Å². The number of hydrogen-bond acceptors (Lipinski definition) is 6. The summed E-state index contributed by atoms with van der Waals surface area (Å²) in [5, 5.41) is 2.45. The van der Waals surface area contributed by atoms with E-state index in [1.54, 1.807) is 0 Å². The minimum atomic E-state index is -3.74. The number of benzene rings is 1. The number of fused-ring (bicyclic) bond motifs is 3. The Balaban J connectivity index is 1.28. The third kappa shape index (κ3) is 3.79. The predicted octanol–water partition coefficient (Wildman–Crippen LogP) is 2.89. The van der Waals surface area contributed by atoms with Crippen molar-refractivity contribution >= 4 is 23.3 Å². The molecule has 1 amide bonds. The molecule has 2 bridgehead atoms. The van der Waals surface area contributed by atoms with Crippen LogP contribution in [-0.2, 0) is 19.1 Å². The number of ketones is 1. The van der Waals surface area contributed by atoms with Gasteiger partial charge in [-0.05, 0) is 37.8 Å². The van der Waals surface area contributed by atoms with Crippen molar-refractivity contribution < 1.29 is 37.4 Å². The number of hydrogen-bond donors (Lipinski definition) is 1. The molecule has 2 saturated carbocycles. The van der Waals surface area contributed by atoms with Crippen LogP contribution in [0.2, 0.25) is 0 Å². The van der Waals surface area contributed by atoms with Gasteiger partial charge >= 0.3 is 12.3 Å². The normalized spacial score (nSPS) is 27.2. The highest BCUT2D eigenvalue weighted by molar-refractivity contribution is 5.93. The zero-order valence-electron chi connectivity index (χ0n) is 14.9. The summed E-state index contributed by atoms with van der Waals surface area (Å²) >= 11 is 0. The van der Waals surface area contributed by atoms with E-state index in [9.17, 15) is 23.2 Å². The molecule has 2 fully saturated rings. The Labute approximate surface area is 159 Å². The van der Waals surface area contributed by atoms with Gasteiger partial charge in [0.1, 0.15) is 5.78 Å². The highest BCUT2D eigenvalue weighted by atomic mass is 19.3. The molecule has 9 heteroatoms. The van der Waals surface area contributed by atoms with E-state index in [2.05, 4.69) is 14.8 Å². The van der Waals surface area contributed by atoms with Crippen molar-refractivity contribution in [2.75, 3.05) is 11.9 Å². The van der Waals surface area contributed by atoms with Crippen LogP contribution in [0.5, 0.6) is 11.5 Å². The fourth-order valence-electron chi connectivity index (χ4n) is 4.15. The average Bonchev–Trinajstić information content (AvgIpc) is 2.92. The molecule has 1 aliphatic heterocycles. The van der Waals surface area contributed by atoms with Gasteiger partial charge < -0.3 is 19.5 Å². The fraction of sp³-hybridized carbons (Fsp3) is 0.526. The topological polar surface area (TPSA) is 90.9 Å². The van der Waals surface area contributed by atoms with E-state index in [0.29, 0.717) is 12.8 Å². The van der Waals surface area contributed by atoms with E-state index in [1.807, 2.05) is 0 Å². The number of esters is 1. The molecule has 0 saturated heterocycles. The number of halogens is 2. The minimum absolute atomic E-state index is 0.0781. The van der Waals surface area contributed by atoms with Crippen molar-refractivity contribution in [3.8, 4) is 11.5 Å². The molecule has 0 spiro atoms. The van der Waals surface area contributed by atoms with Crippen molar-refractivity contribution in [3.05, 3.63) is 18.2 Å². The number of ether oxygens (including phenoxy) is 3. The minimum Gasteiger partial charge on any atom is -0.455 e. The molecule has 0 aromatic heterocycles. The Hall–Kier alpha value is -2.71. The maximum atomic E-state index is 13.0. The Kier molecular flexibility index (Phi) is 4.68. The van der Waals surface area contributed by atoms with Crippen molar-refractivity contribution in [1.82, 2.24) is 0 Å². The molecule has 28 heavy (non-hydrogen) atoms. The summed E-state index contributed by atoms with van der Waals surface area (Å²) in [4.78, 5) is 36.4. The standard InChI is InChI=1S/C19H19F2NO6/c20-19(21)27-14-5-4-13(8-15(14)28-19)22-16(23)9-26-18(25)12-6-10-2-1-3-11(7-12)17(10)24/h4-5,8,10-12H,1-3,6-7,9H2,(H,22,23)/t10-,11-/m1/s1. The van der Waals surface area contributed by atoms with Crippen LogP contribution in [0.25, 0.3) is 0 Å². The third-order valence-corrected chi connectivity index (χ3v) is 5.41. The number of anilines is 1. The van der Waals surface area contributed by atoms with Crippen molar-refractivity contribution in [1.29, 1.82) is 0 Å². The predicted molar refractivity (Wildman–Crippen MR) is 90.8 cm³/mol. The summed E-state index contributed by atoms with van der Waals surface area (Å²) in [6, 6.07) is 3.82. The number of Topliss-reactive ketones (excluding diaryl/α,β-unsaturated/α-hetero) is 1. The second-order valence-electron chi connectivity index (χ2n) is 7.38. The first-order valence-corrected chi connectivity index (χ1v) is 9.21. The smallest absolute Gasteiger partial charge is 0.455 e. The van der Waals surface area contributed by atoms with Gasteiger partial charge in [0.05, 0.1) is 5.92 Å². The van der Waals surface area contributed by atoms with Crippen LogP contribution in [0.4, 0.5) is 14.5 Å². The maximum Gasteiger partial charge on any atom is 0.586 e. The SMILES string of the molecule is O=C(COC(=O)C1C[C@H]2CCC[C@H](C1)C2=O)Nc1ccc2c(c1)OC(F)(F)O2. The van der Waals surface area contributed by atoms with Gasteiger partial charge in [-0.25, -0.2) is 0 Å². The lowest BCUT2D eigenvalue weighted by molar-refractivity contribution is -0.286. The lowest BCUT2D eigenvalue weighted by Crippen LogP contribution is -2.40. The van der Waals surface area contributed by atoms with Gasteiger partial charge in [0.2, 0.25) is 0 Å². The summed E-state index contributed by atoms with van der Waals surface area (Å²) in [5.41, 5.74) is 0.207. The second-order valence-corrected chi connectivity index (χ2v) is 7.38. The van der Waals surface area contributed by atoms with Crippen molar-refractivity contribution in [2.45, 2.75) is 38.4 Å². The molecule has 1 aromatic carbocycles. The molecular formula is C19H19F2NO6. The molecule has 3 aliphatic rings. The molecule has 0 radical (unpaired) electrons. The van der Waals surface area contributed by atoms with E-state index in [1.165, 1.54) is 18.2 Å². The molecular weight excluding hydrogens is 376 g/mol. The first-order chi connectivity index (χ1) is 13.3. The first-order valence-electron chi connectivity index (χ1n) is 9.21. The van der Waals surface area contributed by atoms with E-state index in [-0.39, 0.29) is 40.7 Å². The van der Waals surface area contributed by atoms with Crippen LogP contribution in [-0.4, -0.2) is 30.6 Å². The number of alkyl halides is 2. The lowest BCUT2D eigenvalue weighted by Gasteiger charge is -2.36. The van der Waals surface area contributed by atoms with E-state index < -0.39 is 24.8 Å². The average molecular weight is 395 g/mol. The lowest BCUT2D eigenvalue weighted by atomic mass is 9.67. The fourth-order valence-corrected chi connectivity index (χ4v) is 4.15. The van der Waals surface area contributed by atoms with Gasteiger partial charge in [-0.1, -0.05) is 6.42 Å². The van der Waals surface area contributed by atoms with Crippen LogP contribution in [0.1, 0.15) is 32.1 Å². The van der Waals surface area contributed by atoms with Gasteiger partial charge in [-0.15, -0.1) is 8.78 Å². The monoisotopic (exact) mass is 395 g/mol. The maximum absolute atomic E-state index is 13.0. The summed E-state index contributed by atoms with van der Waals surface area (Å²) in [5.74, 6) is -1.69. The van der Waals surface area contributed by atoms with E-state index in [0.717, 1.165) is 19.3 Å². The molecule has 1 aromatic rings. The molecule has 2 atom stereocenters. The van der Waals surface area contributed by atoms with Gasteiger partial charge in [-0.3, -0.25) is 14.4 Å². The quantitative estimate of drug-likeness (QED) is 0.789. The van der Waals surface area contributed by atoms with E-state index in [4.69, 9.17) is 4.74 Å². The Morgan fingerprint density at radius 2 is 1.82 bits per heavy atom. The van der Waals surface area contributed by atoms with Crippen LogP contribution in [0.15, 0.2) is 18.2 Å². The second kappa shape index (κ2) is 7.03. The molecule has 1 heterocycles. The zero-order chi connectivity index (χ0) is 19.9. The molecule has 1 N–H and O–H groups in total. The van der Waals surface area contributed by atoms with Crippen LogP contribution >= 0.6 is 0 Å². The number of amides is 1. The summed E-state index contributed by atoms with van der Waals surface area (Å²) < 4.78 is 39.7. The first kappa shape index (κ1) is 18.6. The highest BCUT2D eigenvalue weighted by Gasteiger charge is 2.44. The number of carbonyl (C=O) groups is 3. The molecule has 7 nitrogen and oxygen atoms in total. The number of rotatable bonds is 4. The number of carbonyl (C=O) groups excluding carboxylic acids is 3. The summed E-state index contributed by atoms with van der Waals surface area (Å²) in [6.07, 6.45) is -0.156. The van der Waals surface area contributed by atoms with E-state index >= 15 is 0 Å². The van der Waals surface area contributed by atoms with Crippen molar-refractivity contribution in [2.24, 2.45) is 17.8 Å². The zero-order valence-corrected chi connectivity index (χ0v) is 14.9. The largest absolute Gasteiger partial charge is 0.586 e. The molecule has 2 aliphatic carbocycles. The Bertz CT molecular complexity index is 811. The van der Waals surface area contributed by atoms with Gasteiger partial charge in [0.25, 0.3) is 5.91 Å². The Morgan fingerprint density at radius 3 is 2.54 bits per heavy atom. The third-order valence-electron chi connectivity index (χ3n) is 5.41. The summed E-state index contributed by atoms with van der Waals surface area (Å²) in [7, 11) is 0. The molecule has 150 valence electrons. The highest BCUT2D eigenvalue weighted by Crippen LogP contribution is 2.42. The van der Waals surface area contributed by atoms with Crippen LogP contribution in [0.3, 0.4) is 0 Å². The van der Waals surface area contributed by atoms with Crippen molar-refractivity contribution in [3.63, 3.8) is 0 Å². The Morgan fingerprint density at radius 1 is 1.14 bits per heavy atom. The van der Waals surface area contributed by atoms with Gasteiger partial charge in [-0.2, -0.15) is 0 Å². The van der Waals surface area contributed by atoms with Crippen LogP contribution < -0.4 is 14.8 Å². The number of nitrogens with one attached hydrogen (secondary N) is 1.